The number of methoxy groups -OCH3 is 1. The molecule has 2 N–H and O–H groups in total. The van der Waals surface area contributed by atoms with E-state index in [4.69, 9.17) is 4.74 Å². The van der Waals surface area contributed by atoms with Gasteiger partial charge in [0.2, 0.25) is 5.88 Å². The standard InChI is InChI=1S/C24H21FN2O5/c1-31-22(28)13-26-12-20-18-7-2-3-8-21(18)27(23(20)32-24(29)30)14-16-6-4-5-15-9-10-17(25)11-19(15)16/h2-11,26H,12-14H2,1H3,(H,29,30). The molecule has 0 atom stereocenters. The maximum absolute atomic E-state index is 13.9. The molecule has 3 aromatic carbocycles. The smallest absolute Gasteiger partial charge is 0.468 e. The van der Waals surface area contributed by atoms with Crippen LogP contribution in [0, 0.1) is 5.82 Å². The third kappa shape index (κ3) is 4.26. The number of para-hydroxylation sites is 1. The Morgan fingerprint density at radius 2 is 1.88 bits per heavy atom. The van der Waals surface area contributed by atoms with E-state index >= 15 is 0 Å². The van der Waals surface area contributed by atoms with Crippen LogP contribution in [0.5, 0.6) is 5.88 Å². The van der Waals surface area contributed by atoms with Crippen molar-refractivity contribution in [1.82, 2.24) is 9.88 Å². The Kier molecular flexibility index (Phi) is 6.04. The predicted octanol–water partition coefficient (Wildman–Crippen LogP) is 4.30. The van der Waals surface area contributed by atoms with Crippen molar-refractivity contribution >= 4 is 33.8 Å². The van der Waals surface area contributed by atoms with E-state index in [0.29, 0.717) is 5.56 Å². The second kappa shape index (κ2) is 9.07. The molecular weight excluding hydrogens is 415 g/mol. The topological polar surface area (TPSA) is 89.8 Å². The molecule has 0 saturated carbocycles. The van der Waals surface area contributed by atoms with Crippen molar-refractivity contribution in [1.29, 1.82) is 0 Å². The number of nitrogens with one attached hydrogen (secondary N) is 1. The summed E-state index contributed by atoms with van der Waals surface area (Å²) in [6.07, 6.45) is -1.45. The summed E-state index contributed by atoms with van der Waals surface area (Å²) < 4.78 is 25.5. The Morgan fingerprint density at radius 3 is 2.66 bits per heavy atom. The molecule has 32 heavy (non-hydrogen) atoms. The van der Waals surface area contributed by atoms with Gasteiger partial charge in [0.25, 0.3) is 0 Å². The molecule has 0 unspecified atom stereocenters. The second-order valence-electron chi connectivity index (χ2n) is 7.22. The number of esters is 1. The summed E-state index contributed by atoms with van der Waals surface area (Å²) >= 11 is 0. The van der Waals surface area contributed by atoms with Crippen molar-refractivity contribution < 1.29 is 28.6 Å². The van der Waals surface area contributed by atoms with Crippen LogP contribution < -0.4 is 10.1 Å². The van der Waals surface area contributed by atoms with Gasteiger partial charge < -0.3 is 24.5 Å². The van der Waals surface area contributed by atoms with Crippen LogP contribution in [0.25, 0.3) is 21.7 Å². The van der Waals surface area contributed by atoms with Crippen LogP contribution in [-0.4, -0.2) is 35.5 Å². The number of hydrogen-bond donors (Lipinski definition) is 2. The molecule has 0 amide bonds. The quantitative estimate of drug-likeness (QED) is 0.420. The van der Waals surface area contributed by atoms with E-state index in [1.807, 2.05) is 42.5 Å². The minimum Gasteiger partial charge on any atom is -0.468 e. The van der Waals surface area contributed by atoms with Crippen LogP contribution in [-0.2, 0) is 22.6 Å². The minimum absolute atomic E-state index is 0.0366. The first-order chi connectivity index (χ1) is 15.5. The van der Waals surface area contributed by atoms with Gasteiger partial charge in [-0.15, -0.1) is 0 Å². The highest BCUT2D eigenvalue weighted by molar-refractivity contribution is 5.89. The summed E-state index contributed by atoms with van der Waals surface area (Å²) in [6, 6.07) is 17.6. The molecule has 4 rings (SSSR count). The molecular formula is C24H21FN2O5. The number of ether oxygens (including phenoxy) is 2. The number of aromatic nitrogens is 1. The summed E-state index contributed by atoms with van der Waals surface area (Å²) in [6.45, 7) is 0.418. The van der Waals surface area contributed by atoms with Gasteiger partial charge in [-0.1, -0.05) is 42.5 Å². The molecule has 0 fully saturated rings. The number of carbonyl (C=O) groups is 2. The van der Waals surface area contributed by atoms with Crippen LogP contribution in [0.3, 0.4) is 0 Å². The molecule has 4 aromatic rings. The van der Waals surface area contributed by atoms with Crippen molar-refractivity contribution in [3.63, 3.8) is 0 Å². The number of rotatable bonds is 7. The van der Waals surface area contributed by atoms with Crippen LogP contribution in [0.1, 0.15) is 11.1 Å². The maximum atomic E-state index is 13.9. The van der Waals surface area contributed by atoms with Gasteiger partial charge in [0.1, 0.15) is 5.82 Å². The fraction of sp³-hybridized carbons (Fsp3) is 0.167. The average molecular weight is 436 g/mol. The van der Waals surface area contributed by atoms with E-state index in [1.54, 1.807) is 10.6 Å². The largest absolute Gasteiger partial charge is 0.512 e. The Hall–Kier alpha value is -3.91. The molecule has 1 aromatic heterocycles. The number of hydrogen-bond acceptors (Lipinski definition) is 5. The first-order valence-corrected chi connectivity index (χ1v) is 9.93. The number of nitrogens with zero attached hydrogens (tertiary/aromatic N) is 1. The van der Waals surface area contributed by atoms with Crippen LogP contribution in [0.15, 0.2) is 60.7 Å². The van der Waals surface area contributed by atoms with E-state index in [2.05, 4.69) is 10.1 Å². The summed E-state index contributed by atoms with van der Waals surface area (Å²) in [5, 5.41) is 14.7. The summed E-state index contributed by atoms with van der Waals surface area (Å²) in [7, 11) is 1.29. The van der Waals surface area contributed by atoms with E-state index < -0.39 is 12.1 Å². The van der Waals surface area contributed by atoms with Gasteiger partial charge in [-0.05, 0) is 34.5 Å². The van der Waals surface area contributed by atoms with Crippen molar-refractivity contribution in [2.75, 3.05) is 13.7 Å². The lowest BCUT2D eigenvalue weighted by Crippen LogP contribution is -2.24. The van der Waals surface area contributed by atoms with Crippen molar-refractivity contribution in [2.24, 2.45) is 0 Å². The number of fused-ring (bicyclic) bond motifs is 2. The van der Waals surface area contributed by atoms with Crippen molar-refractivity contribution in [2.45, 2.75) is 13.1 Å². The summed E-state index contributed by atoms with van der Waals surface area (Å²) in [5.41, 5.74) is 2.16. The van der Waals surface area contributed by atoms with Gasteiger partial charge in [-0.25, -0.2) is 9.18 Å². The zero-order valence-electron chi connectivity index (χ0n) is 17.3. The zero-order valence-corrected chi connectivity index (χ0v) is 17.3. The van der Waals surface area contributed by atoms with E-state index in [-0.39, 0.29) is 31.3 Å². The third-order valence-electron chi connectivity index (χ3n) is 5.27. The lowest BCUT2D eigenvalue weighted by Gasteiger charge is -2.13. The molecule has 0 aliphatic carbocycles. The highest BCUT2D eigenvalue weighted by Gasteiger charge is 2.21. The molecule has 0 saturated heterocycles. The molecule has 0 bridgehead atoms. The van der Waals surface area contributed by atoms with E-state index in [1.165, 1.54) is 19.2 Å². The normalized spacial score (nSPS) is 11.1. The van der Waals surface area contributed by atoms with Gasteiger partial charge in [0, 0.05) is 17.5 Å². The number of carboxylic acid groups (broad SMARTS) is 1. The Balaban J connectivity index is 1.83. The number of carbonyl (C=O) groups excluding carboxylic acids is 1. The van der Waals surface area contributed by atoms with Gasteiger partial charge in [0.15, 0.2) is 0 Å². The van der Waals surface area contributed by atoms with Crippen molar-refractivity contribution in [3.8, 4) is 5.88 Å². The third-order valence-corrected chi connectivity index (χ3v) is 5.27. The average Bonchev–Trinajstić information content (AvgIpc) is 3.06. The maximum Gasteiger partial charge on any atom is 0.512 e. The molecule has 164 valence electrons. The lowest BCUT2D eigenvalue weighted by molar-refractivity contribution is -0.139. The molecule has 0 spiro atoms. The molecule has 8 heteroatoms. The van der Waals surface area contributed by atoms with Crippen LogP contribution in [0.4, 0.5) is 9.18 Å². The molecule has 0 aliphatic heterocycles. The SMILES string of the molecule is COC(=O)CNCc1c(OC(=O)O)n(Cc2cccc3ccc(F)cc23)c2ccccc12. The monoisotopic (exact) mass is 436 g/mol. The molecule has 1 heterocycles. The summed E-state index contributed by atoms with van der Waals surface area (Å²) in [4.78, 5) is 23.0. The van der Waals surface area contributed by atoms with E-state index in [9.17, 15) is 19.1 Å². The van der Waals surface area contributed by atoms with Crippen LogP contribution >= 0.6 is 0 Å². The fourth-order valence-corrected chi connectivity index (χ4v) is 3.86. The summed E-state index contributed by atoms with van der Waals surface area (Å²) in [5.74, 6) is -0.645. The minimum atomic E-state index is -1.45. The Bertz CT molecular complexity index is 1310. The first kappa shape index (κ1) is 21.3. The highest BCUT2D eigenvalue weighted by Crippen LogP contribution is 2.34. The van der Waals surface area contributed by atoms with Gasteiger partial charge >= 0.3 is 12.1 Å². The van der Waals surface area contributed by atoms with Crippen molar-refractivity contribution in [3.05, 3.63) is 77.6 Å². The van der Waals surface area contributed by atoms with Gasteiger partial charge in [-0.2, -0.15) is 0 Å². The van der Waals surface area contributed by atoms with Gasteiger partial charge in [0.05, 0.1) is 25.7 Å². The number of halogens is 1. The fourth-order valence-electron chi connectivity index (χ4n) is 3.86. The first-order valence-electron chi connectivity index (χ1n) is 9.93. The van der Waals surface area contributed by atoms with Gasteiger partial charge in [-0.3, -0.25) is 4.79 Å². The second-order valence-corrected chi connectivity index (χ2v) is 7.22. The Labute approximate surface area is 183 Å². The van der Waals surface area contributed by atoms with Crippen LogP contribution in [0.2, 0.25) is 0 Å². The lowest BCUT2D eigenvalue weighted by atomic mass is 10.0. The highest BCUT2D eigenvalue weighted by atomic mass is 19.1. The zero-order chi connectivity index (χ0) is 22.7. The Morgan fingerprint density at radius 1 is 1.06 bits per heavy atom. The van der Waals surface area contributed by atoms with E-state index in [0.717, 1.165) is 27.2 Å². The number of benzene rings is 3. The molecule has 7 nitrogen and oxygen atoms in total. The predicted molar refractivity (Wildman–Crippen MR) is 117 cm³/mol. The molecule has 0 radical (unpaired) electrons. The molecule has 0 aliphatic rings.